The highest BCUT2D eigenvalue weighted by atomic mass is 127. The lowest BCUT2D eigenvalue weighted by Gasteiger charge is -2.21. The summed E-state index contributed by atoms with van der Waals surface area (Å²) in [5, 5.41) is 6.73. The van der Waals surface area contributed by atoms with Crippen LogP contribution in [0.1, 0.15) is 58.2 Å². The van der Waals surface area contributed by atoms with Crippen molar-refractivity contribution in [2.24, 2.45) is 4.99 Å². The van der Waals surface area contributed by atoms with Crippen molar-refractivity contribution in [3.05, 3.63) is 16.1 Å². The van der Waals surface area contributed by atoms with Crippen molar-refractivity contribution in [1.29, 1.82) is 0 Å². The second kappa shape index (κ2) is 11.2. The highest BCUT2D eigenvalue weighted by Crippen LogP contribution is 2.23. The molecule has 0 aliphatic rings. The second-order valence-corrected chi connectivity index (χ2v) is 7.58. The van der Waals surface area contributed by atoms with Gasteiger partial charge in [0, 0.05) is 43.9 Å². The number of nitrogens with one attached hydrogen (secondary N) is 1. The molecular weight excluding hydrogens is 419 g/mol. The third kappa shape index (κ3) is 8.33. The molecule has 0 aliphatic heterocycles. The fraction of sp³-hybridized carbons (Fsp3) is 0.765. The molecule has 0 aliphatic carbocycles. The predicted molar refractivity (Wildman–Crippen MR) is 113 cm³/mol. The molecule has 1 N–H and O–H groups in total. The van der Waals surface area contributed by atoms with E-state index in [-0.39, 0.29) is 29.4 Å². The first kappa shape index (κ1) is 22.6. The van der Waals surface area contributed by atoms with E-state index in [1.54, 1.807) is 11.3 Å². The smallest absolute Gasteiger partial charge is 0.193 e. The Balaban J connectivity index is 0.00000484. The number of unbranched alkanes of at least 4 members (excludes halogenated alkanes) is 1. The first-order valence-electron chi connectivity index (χ1n) is 8.32. The molecule has 0 atom stereocenters. The summed E-state index contributed by atoms with van der Waals surface area (Å²) in [5.74, 6) is 1.00. The third-order valence-corrected chi connectivity index (χ3v) is 4.36. The van der Waals surface area contributed by atoms with Crippen LogP contribution in [0.25, 0.3) is 0 Å². The number of aliphatic imine (C=N–C) groups is 1. The quantitative estimate of drug-likeness (QED) is 0.381. The molecule has 0 radical (unpaired) electrons. The van der Waals surface area contributed by atoms with E-state index < -0.39 is 0 Å². The summed E-state index contributed by atoms with van der Waals surface area (Å²) in [6.07, 6.45) is 3.32. The van der Waals surface area contributed by atoms with Crippen LogP contribution in [0.15, 0.2) is 10.4 Å². The van der Waals surface area contributed by atoms with Gasteiger partial charge in [0.2, 0.25) is 0 Å². The van der Waals surface area contributed by atoms with Gasteiger partial charge in [0.1, 0.15) is 0 Å². The van der Waals surface area contributed by atoms with Crippen LogP contribution in [-0.4, -0.2) is 42.5 Å². The maximum absolute atomic E-state index is 4.73. The number of rotatable bonds is 7. The molecule has 0 spiro atoms. The number of aromatic nitrogens is 1. The van der Waals surface area contributed by atoms with Crippen LogP contribution in [0.5, 0.6) is 0 Å². The normalized spacial score (nSPS) is 12.0. The van der Waals surface area contributed by atoms with Crippen LogP contribution in [0.3, 0.4) is 0 Å². The summed E-state index contributed by atoms with van der Waals surface area (Å²) >= 11 is 1.75. The Labute approximate surface area is 163 Å². The van der Waals surface area contributed by atoms with E-state index in [0.29, 0.717) is 0 Å². The van der Waals surface area contributed by atoms with E-state index in [4.69, 9.17) is 9.98 Å². The zero-order valence-corrected chi connectivity index (χ0v) is 18.6. The Morgan fingerprint density at radius 2 is 2.04 bits per heavy atom. The van der Waals surface area contributed by atoms with Crippen molar-refractivity contribution in [3.63, 3.8) is 0 Å². The van der Waals surface area contributed by atoms with Gasteiger partial charge in [-0.25, -0.2) is 4.98 Å². The first-order valence-corrected chi connectivity index (χ1v) is 9.20. The lowest BCUT2D eigenvalue weighted by molar-refractivity contribution is 0.465. The van der Waals surface area contributed by atoms with Crippen LogP contribution in [-0.2, 0) is 11.8 Å². The summed E-state index contributed by atoms with van der Waals surface area (Å²) in [7, 11) is 2.11. The van der Waals surface area contributed by atoms with E-state index in [1.807, 2.05) is 0 Å². The van der Waals surface area contributed by atoms with Crippen molar-refractivity contribution >= 4 is 41.3 Å². The van der Waals surface area contributed by atoms with E-state index in [9.17, 15) is 0 Å². The fourth-order valence-electron chi connectivity index (χ4n) is 2.00. The number of thiazole rings is 1. The van der Waals surface area contributed by atoms with Crippen LogP contribution in [0.2, 0.25) is 0 Å². The summed E-state index contributed by atoms with van der Waals surface area (Å²) in [6, 6.07) is 0. The van der Waals surface area contributed by atoms with E-state index in [2.05, 4.69) is 57.3 Å². The van der Waals surface area contributed by atoms with Gasteiger partial charge in [0.25, 0.3) is 0 Å². The van der Waals surface area contributed by atoms with Crippen molar-refractivity contribution < 1.29 is 0 Å². The number of hydrogen-bond donors (Lipinski definition) is 1. The SMILES string of the molecule is CCCCN(C)C(=NCCc1nc(C(C)(C)C)cs1)NCC.I. The molecule has 1 heterocycles. The molecule has 1 rings (SSSR count). The molecule has 1 aromatic rings. The Morgan fingerprint density at radius 1 is 1.35 bits per heavy atom. The number of halogens is 1. The molecule has 6 heteroatoms. The summed E-state index contributed by atoms with van der Waals surface area (Å²) in [4.78, 5) is 11.7. The third-order valence-electron chi connectivity index (χ3n) is 3.45. The summed E-state index contributed by atoms with van der Waals surface area (Å²) in [5.41, 5.74) is 1.32. The van der Waals surface area contributed by atoms with Gasteiger partial charge in [0.15, 0.2) is 5.96 Å². The zero-order valence-electron chi connectivity index (χ0n) is 15.5. The second-order valence-electron chi connectivity index (χ2n) is 6.64. The van der Waals surface area contributed by atoms with Gasteiger partial charge >= 0.3 is 0 Å². The largest absolute Gasteiger partial charge is 0.357 e. The minimum atomic E-state index is 0. The maximum atomic E-state index is 4.73. The molecule has 0 bridgehead atoms. The van der Waals surface area contributed by atoms with Gasteiger partial charge in [0.05, 0.1) is 10.7 Å². The molecule has 23 heavy (non-hydrogen) atoms. The van der Waals surface area contributed by atoms with Crippen molar-refractivity contribution in [2.45, 2.75) is 59.3 Å². The molecular formula is C17H33IN4S. The van der Waals surface area contributed by atoms with Crippen molar-refractivity contribution in [3.8, 4) is 0 Å². The molecule has 0 aromatic carbocycles. The van der Waals surface area contributed by atoms with Crippen LogP contribution >= 0.6 is 35.3 Å². The predicted octanol–water partition coefficient (Wildman–Crippen LogP) is 4.30. The molecule has 4 nitrogen and oxygen atoms in total. The number of guanidine groups is 1. The average molecular weight is 452 g/mol. The van der Waals surface area contributed by atoms with Crippen molar-refractivity contribution in [2.75, 3.05) is 26.7 Å². The van der Waals surface area contributed by atoms with E-state index >= 15 is 0 Å². The van der Waals surface area contributed by atoms with Gasteiger partial charge in [-0.15, -0.1) is 35.3 Å². The monoisotopic (exact) mass is 452 g/mol. The Hall–Kier alpha value is -0.370. The van der Waals surface area contributed by atoms with E-state index in [1.165, 1.54) is 23.5 Å². The zero-order chi connectivity index (χ0) is 16.6. The Kier molecular flexibility index (Phi) is 11.1. The molecule has 0 amide bonds. The molecule has 0 saturated heterocycles. The standard InChI is InChI=1S/C17H32N4S.HI/c1-7-9-12-21(6)16(18-8-2)19-11-10-15-20-14(13-22-15)17(3,4)5;/h13H,7-12H2,1-6H3,(H,18,19);1H. The lowest BCUT2D eigenvalue weighted by atomic mass is 9.93. The van der Waals surface area contributed by atoms with Gasteiger partial charge in [-0.3, -0.25) is 4.99 Å². The van der Waals surface area contributed by atoms with Crippen LogP contribution < -0.4 is 5.32 Å². The summed E-state index contributed by atoms with van der Waals surface area (Å²) in [6.45, 7) is 13.7. The maximum Gasteiger partial charge on any atom is 0.193 e. The topological polar surface area (TPSA) is 40.5 Å². The summed E-state index contributed by atoms with van der Waals surface area (Å²) < 4.78 is 0. The molecule has 1 aromatic heterocycles. The van der Waals surface area contributed by atoms with Gasteiger partial charge in [-0.2, -0.15) is 0 Å². The minimum absolute atomic E-state index is 0. The molecule has 0 saturated carbocycles. The van der Waals surface area contributed by atoms with Crippen LogP contribution in [0.4, 0.5) is 0 Å². The highest BCUT2D eigenvalue weighted by Gasteiger charge is 2.17. The minimum Gasteiger partial charge on any atom is -0.357 e. The van der Waals surface area contributed by atoms with Gasteiger partial charge in [-0.1, -0.05) is 34.1 Å². The van der Waals surface area contributed by atoms with Gasteiger partial charge in [-0.05, 0) is 13.3 Å². The van der Waals surface area contributed by atoms with Crippen LogP contribution in [0, 0.1) is 0 Å². The van der Waals surface area contributed by atoms with Crippen molar-refractivity contribution in [1.82, 2.24) is 15.2 Å². The van der Waals surface area contributed by atoms with E-state index in [0.717, 1.165) is 32.0 Å². The number of nitrogens with zero attached hydrogens (tertiary/aromatic N) is 3. The Morgan fingerprint density at radius 3 is 2.57 bits per heavy atom. The first-order chi connectivity index (χ1) is 10.4. The molecule has 134 valence electrons. The lowest BCUT2D eigenvalue weighted by Crippen LogP contribution is -2.39. The highest BCUT2D eigenvalue weighted by molar-refractivity contribution is 14.0. The molecule has 0 unspecified atom stereocenters. The fourth-order valence-corrected chi connectivity index (χ4v) is 3.01. The number of hydrogen-bond acceptors (Lipinski definition) is 3. The average Bonchev–Trinajstić information content (AvgIpc) is 2.92. The molecule has 0 fully saturated rings. The van der Waals surface area contributed by atoms with Gasteiger partial charge < -0.3 is 10.2 Å². The Bertz CT molecular complexity index is 465.